The Morgan fingerprint density at radius 1 is 1.41 bits per heavy atom. The Morgan fingerprint density at radius 2 is 2.22 bits per heavy atom. The first-order valence-electron chi connectivity index (χ1n) is 9.06. The van der Waals surface area contributed by atoms with Crippen molar-refractivity contribution in [2.45, 2.75) is 32.4 Å². The summed E-state index contributed by atoms with van der Waals surface area (Å²) >= 11 is 1.47. The van der Waals surface area contributed by atoms with Gasteiger partial charge in [0.25, 0.3) is 5.56 Å². The predicted octanol–water partition coefficient (Wildman–Crippen LogP) is 2.61. The lowest BCUT2D eigenvalue weighted by atomic mass is 10.1. The molecule has 2 N–H and O–H groups in total. The molecule has 7 heteroatoms. The minimum absolute atomic E-state index is 0.0556. The van der Waals surface area contributed by atoms with Gasteiger partial charge >= 0.3 is 0 Å². The number of piperidine rings is 1. The fraction of sp³-hybridized carbons (Fsp3) is 0.350. The van der Waals surface area contributed by atoms with Crippen molar-refractivity contribution in [2.75, 3.05) is 18.0 Å². The summed E-state index contributed by atoms with van der Waals surface area (Å²) in [6, 6.07) is 11.6. The average Bonchev–Trinajstić information content (AvgIpc) is 3.05. The van der Waals surface area contributed by atoms with Crippen molar-refractivity contribution in [3.63, 3.8) is 0 Å². The summed E-state index contributed by atoms with van der Waals surface area (Å²) in [6.07, 6.45) is 1.96. The van der Waals surface area contributed by atoms with Gasteiger partial charge in [-0.1, -0.05) is 18.2 Å². The van der Waals surface area contributed by atoms with Crippen molar-refractivity contribution in [3.8, 4) is 6.07 Å². The lowest BCUT2D eigenvalue weighted by molar-refractivity contribution is 0.492. The number of hydrogen-bond acceptors (Lipinski definition) is 6. The molecule has 0 spiro atoms. The molecule has 1 aliphatic heterocycles. The van der Waals surface area contributed by atoms with E-state index in [2.05, 4.69) is 11.0 Å². The van der Waals surface area contributed by atoms with E-state index >= 15 is 0 Å². The van der Waals surface area contributed by atoms with Gasteiger partial charge in [-0.25, -0.2) is 4.98 Å². The molecule has 4 rings (SSSR count). The van der Waals surface area contributed by atoms with Gasteiger partial charge in [0.1, 0.15) is 4.70 Å². The van der Waals surface area contributed by atoms with Crippen LogP contribution < -0.4 is 16.2 Å². The van der Waals surface area contributed by atoms with Gasteiger partial charge < -0.3 is 10.6 Å². The largest absolute Gasteiger partial charge is 0.341 e. The molecule has 1 fully saturated rings. The van der Waals surface area contributed by atoms with Crippen molar-refractivity contribution in [2.24, 2.45) is 5.73 Å². The molecule has 3 aromatic rings. The van der Waals surface area contributed by atoms with Crippen LogP contribution in [0.3, 0.4) is 0 Å². The van der Waals surface area contributed by atoms with Crippen molar-refractivity contribution in [1.82, 2.24) is 9.55 Å². The molecule has 2 aromatic heterocycles. The summed E-state index contributed by atoms with van der Waals surface area (Å²) < 4.78 is 2.36. The molecule has 1 aromatic carbocycles. The van der Waals surface area contributed by atoms with E-state index in [1.165, 1.54) is 11.3 Å². The summed E-state index contributed by atoms with van der Waals surface area (Å²) in [5.74, 6) is 0.646. The average molecular weight is 379 g/mol. The zero-order valence-corrected chi connectivity index (χ0v) is 16.0. The van der Waals surface area contributed by atoms with E-state index in [4.69, 9.17) is 10.7 Å². The van der Waals surface area contributed by atoms with Crippen molar-refractivity contribution < 1.29 is 0 Å². The number of nitrogens with two attached hydrogens (primary N) is 1. The lowest BCUT2D eigenvalue weighted by Crippen LogP contribution is -2.45. The van der Waals surface area contributed by atoms with Crippen LogP contribution in [0.15, 0.2) is 35.1 Å². The monoisotopic (exact) mass is 379 g/mol. The fourth-order valence-corrected chi connectivity index (χ4v) is 4.53. The number of aryl methyl sites for hydroxylation is 1. The Morgan fingerprint density at radius 3 is 3.00 bits per heavy atom. The number of benzene rings is 1. The number of hydrogen-bond donors (Lipinski definition) is 1. The summed E-state index contributed by atoms with van der Waals surface area (Å²) in [7, 11) is 0. The maximum absolute atomic E-state index is 13.3. The Hall–Kier alpha value is -2.69. The molecular formula is C20H21N5OS. The van der Waals surface area contributed by atoms with E-state index in [9.17, 15) is 10.1 Å². The van der Waals surface area contributed by atoms with Crippen LogP contribution in [-0.4, -0.2) is 28.7 Å². The first-order valence-corrected chi connectivity index (χ1v) is 9.88. The molecule has 138 valence electrons. The Bertz CT molecular complexity index is 1090. The molecule has 1 saturated heterocycles. The number of rotatable bonds is 3. The predicted molar refractivity (Wildman–Crippen MR) is 108 cm³/mol. The fourth-order valence-electron chi connectivity index (χ4n) is 3.63. The SMILES string of the molecule is Cc1cc2nc(N3CCC[C@H](N)C3)n(Cc3ccccc3C#N)c(=O)c2s1. The number of nitrogens with zero attached hydrogens (tertiary/aromatic N) is 4. The quantitative estimate of drug-likeness (QED) is 0.756. The van der Waals surface area contributed by atoms with Crippen LogP contribution in [0.1, 0.15) is 28.8 Å². The topological polar surface area (TPSA) is 87.9 Å². The molecule has 0 amide bonds. The molecule has 1 atom stereocenters. The van der Waals surface area contributed by atoms with E-state index < -0.39 is 0 Å². The van der Waals surface area contributed by atoms with Crippen LogP contribution in [0.4, 0.5) is 5.95 Å². The van der Waals surface area contributed by atoms with Gasteiger partial charge in [0.15, 0.2) is 0 Å². The van der Waals surface area contributed by atoms with E-state index in [0.717, 1.165) is 35.3 Å². The Kier molecular flexibility index (Phi) is 4.68. The van der Waals surface area contributed by atoms with Crippen LogP contribution >= 0.6 is 11.3 Å². The van der Waals surface area contributed by atoms with Crippen LogP contribution in [0.5, 0.6) is 0 Å². The number of fused-ring (bicyclic) bond motifs is 1. The van der Waals surface area contributed by atoms with Gasteiger partial charge in [-0.05, 0) is 37.5 Å². The molecule has 0 unspecified atom stereocenters. The molecule has 1 aliphatic rings. The Balaban J connectivity index is 1.88. The van der Waals surface area contributed by atoms with Crippen molar-refractivity contribution in [1.29, 1.82) is 5.26 Å². The first kappa shape index (κ1) is 17.7. The van der Waals surface area contributed by atoms with Crippen LogP contribution in [0.25, 0.3) is 10.2 Å². The van der Waals surface area contributed by atoms with Crippen molar-refractivity contribution in [3.05, 3.63) is 56.7 Å². The number of anilines is 1. The molecule has 0 aliphatic carbocycles. The standard InChI is InChI=1S/C20H21N5OS/c1-13-9-17-18(27-13)19(26)25(11-15-6-3-2-5-14(15)10-21)20(23-17)24-8-4-7-16(22)12-24/h2-3,5-6,9,16H,4,7-8,11-12,22H2,1H3/t16-/m0/s1. The third-order valence-electron chi connectivity index (χ3n) is 4.94. The molecule has 6 nitrogen and oxygen atoms in total. The number of thiophene rings is 1. The van der Waals surface area contributed by atoms with Gasteiger partial charge in [0.05, 0.1) is 23.7 Å². The minimum Gasteiger partial charge on any atom is -0.341 e. The molecule has 27 heavy (non-hydrogen) atoms. The highest BCUT2D eigenvalue weighted by molar-refractivity contribution is 7.18. The molecule has 0 radical (unpaired) electrons. The summed E-state index contributed by atoms with van der Waals surface area (Å²) in [6.45, 7) is 3.82. The number of aromatic nitrogens is 2. The molecule has 0 saturated carbocycles. The third kappa shape index (κ3) is 3.34. The summed E-state index contributed by atoms with van der Waals surface area (Å²) in [4.78, 5) is 21.3. The van der Waals surface area contributed by atoms with Crippen LogP contribution in [0.2, 0.25) is 0 Å². The van der Waals surface area contributed by atoms with Gasteiger partial charge in [-0.15, -0.1) is 11.3 Å². The van der Waals surface area contributed by atoms with E-state index in [0.29, 0.717) is 29.3 Å². The second kappa shape index (κ2) is 7.14. The maximum atomic E-state index is 13.3. The highest BCUT2D eigenvalue weighted by Gasteiger charge is 2.23. The summed E-state index contributed by atoms with van der Waals surface area (Å²) in [5, 5.41) is 9.42. The lowest BCUT2D eigenvalue weighted by Gasteiger charge is -2.33. The highest BCUT2D eigenvalue weighted by atomic mass is 32.1. The van der Waals surface area contributed by atoms with E-state index in [1.54, 1.807) is 10.6 Å². The normalized spacial score (nSPS) is 17.2. The smallest absolute Gasteiger partial charge is 0.273 e. The minimum atomic E-state index is -0.0556. The zero-order valence-electron chi connectivity index (χ0n) is 15.2. The van der Waals surface area contributed by atoms with Gasteiger partial charge in [-0.3, -0.25) is 9.36 Å². The van der Waals surface area contributed by atoms with Gasteiger partial charge in [-0.2, -0.15) is 5.26 Å². The summed E-state index contributed by atoms with van der Waals surface area (Å²) in [5.41, 5.74) is 8.25. The highest BCUT2D eigenvalue weighted by Crippen LogP contribution is 2.25. The van der Waals surface area contributed by atoms with Crippen LogP contribution in [0, 0.1) is 18.3 Å². The van der Waals surface area contributed by atoms with Crippen LogP contribution in [-0.2, 0) is 6.54 Å². The van der Waals surface area contributed by atoms with E-state index in [1.807, 2.05) is 31.2 Å². The second-order valence-electron chi connectivity index (χ2n) is 6.99. The molecule has 0 bridgehead atoms. The molecular weight excluding hydrogens is 358 g/mol. The first-order chi connectivity index (χ1) is 13.1. The van der Waals surface area contributed by atoms with Gasteiger partial charge in [0.2, 0.25) is 5.95 Å². The maximum Gasteiger partial charge on any atom is 0.273 e. The van der Waals surface area contributed by atoms with E-state index in [-0.39, 0.29) is 11.6 Å². The van der Waals surface area contributed by atoms with Gasteiger partial charge in [0, 0.05) is 24.0 Å². The Labute approximate surface area is 161 Å². The third-order valence-corrected chi connectivity index (χ3v) is 5.97. The second-order valence-corrected chi connectivity index (χ2v) is 8.25. The number of nitriles is 1. The van der Waals surface area contributed by atoms with Crippen molar-refractivity contribution >= 4 is 27.5 Å². The molecule has 3 heterocycles. The zero-order chi connectivity index (χ0) is 19.0.